The number of aromatic nitrogens is 1. The number of hydrogen-bond acceptors (Lipinski definition) is 4. The molecular formula is C10H13N3O2S. The molecule has 1 atom stereocenters. The third-order valence-electron chi connectivity index (χ3n) is 2.58. The van der Waals surface area contributed by atoms with E-state index < -0.39 is 0 Å². The molecule has 6 heteroatoms. The number of carbonyl (C=O) groups excluding carboxylic acids is 2. The van der Waals surface area contributed by atoms with Crippen LogP contribution in [0.1, 0.15) is 18.2 Å². The van der Waals surface area contributed by atoms with Gasteiger partial charge in [0.15, 0.2) is 0 Å². The van der Waals surface area contributed by atoms with E-state index in [9.17, 15) is 9.59 Å². The van der Waals surface area contributed by atoms with Crippen molar-refractivity contribution in [2.45, 2.75) is 25.9 Å². The predicted molar refractivity (Wildman–Crippen MR) is 59.8 cm³/mol. The first kappa shape index (κ1) is 11.1. The van der Waals surface area contributed by atoms with Gasteiger partial charge in [0.2, 0.25) is 11.8 Å². The second-order valence-corrected chi connectivity index (χ2v) is 4.79. The van der Waals surface area contributed by atoms with E-state index in [1.165, 1.54) is 11.3 Å². The topological polar surface area (TPSA) is 62.3 Å². The highest BCUT2D eigenvalue weighted by molar-refractivity contribution is 7.09. The van der Waals surface area contributed by atoms with Gasteiger partial charge < -0.3 is 10.2 Å². The molecule has 2 rings (SSSR count). The van der Waals surface area contributed by atoms with Crippen molar-refractivity contribution in [1.82, 2.24) is 15.2 Å². The van der Waals surface area contributed by atoms with Crippen LogP contribution in [0.15, 0.2) is 11.7 Å². The fraction of sp³-hybridized carbons (Fsp3) is 0.500. The standard InChI is InChI=1S/C10H13N3O2S/c1-7-2-9(14)12-4-10(15)13(7)5-8-3-11-6-16-8/h3,6-7H,2,4-5H2,1H3,(H,12,14). The minimum Gasteiger partial charge on any atom is -0.347 e. The van der Waals surface area contributed by atoms with Crippen molar-refractivity contribution in [2.75, 3.05) is 6.54 Å². The van der Waals surface area contributed by atoms with Gasteiger partial charge in [0.25, 0.3) is 0 Å². The molecule has 1 N–H and O–H groups in total. The third kappa shape index (κ3) is 2.38. The van der Waals surface area contributed by atoms with Crippen LogP contribution in [0.5, 0.6) is 0 Å². The van der Waals surface area contributed by atoms with Crippen LogP contribution in [-0.2, 0) is 16.1 Å². The zero-order valence-corrected chi connectivity index (χ0v) is 9.79. The fourth-order valence-corrected chi connectivity index (χ4v) is 2.30. The van der Waals surface area contributed by atoms with E-state index in [0.717, 1.165) is 4.88 Å². The zero-order chi connectivity index (χ0) is 11.5. The first-order chi connectivity index (χ1) is 7.66. The summed E-state index contributed by atoms with van der Waals surface area (Å²) in [7, 11) is 0. The summed E-state index contributed by atoms with van der Waals surface area (Å²) in [6.45, 7) is 2.53. The largest absolute Gasteiger partial charge is 0.347 e. The van der Waals surface area contributed by atoms with Crippen LogP contribution >= 0.6 is 11.3 Å². The van der Waals surface area contributed by atoms with Gasteiger partial charge in [-0.05, 0) is 6.92 Å². The smallest absolute Gasteiger partial charge is 0.242 e. The Labute approximate surface area is 97.5 Å². The lowest BCUT2D eigenvalue weighted by Crippen LogP contribution is -2.38. The quantitative estimate of drug-likeness (QED) is 0.811. The van der Waals surface area contributed by atoms with Gasteiger partial charge in [-0.1, -0.05) is 0 Å². The number of carbonyl (C=O) groups is 2. The third-order valence-corrected chi connectivity index (χ3v) is 3.34. The first-order valence-electron chi connectivity index (χ1n) is 5.10. The lowest BCUT2D eigenvalue weighted by molar-refractivity contribution is -0.132. The summed E-state index contributed by atoms with van der Waals surface area (Å²) in [5.41, 5.74) is 1.74. The van der Waals surface area contributed by atoms with E-state index in [0.29, 0.717) is 13.0 Å². The van der Waals surface area contributed by atoms with E-state index in [4.69, 9.17) is 0 Å². The van der Waals surface area contributed by atoms with Crippen molar-refractivity contribution >= 4 is 23.2 Å². The minimum absolute atomic E-state index is 0.0354. The van der Waals surface area contributed by atoms with Crippen molar-refractivity contribution in [3.63, 3.8) is 0 Å². The van der Waals surface area contributed by atoms with Gasteiger partial charge in [0.05, 0.1) is 18.6 Å². The molecule has 1 fully saturated rings. The van der Waals surface area contributed by atoms with Crippen LogP contribution in [0.4, 0.5) is 0 Å². The van der Waals surface area contributed by atoms with E-state index in [1.54, 1.807) is 16.6 Å². The van der Waals surface area contributed by atoms with Crippen molar-refractivity contribution in [3.8, 4) is 0 Å². The average molecular weight is 239 g/mol. The number of nitrogens with zero attached hydrogens (tertiary/aromatic N) is 2. The summed E-state index contributed by atoms with van der Waals surface area (Å²) in [6, 6.07) is -0.0582. The van der Waals surface area contributed by atoms with Gasteiger partial charge >= 0.3 is 0 Å². The Hall–Kier alpha value is -1.43. The molecule has 1 aromatic rings. The molecule has 0 radical (unpaired) electrons. The molecule has 0 aliphatic carbocycles. The Balaban J connectivity index is 2.11. The molecule has 1 saturated heterocycles. The lowest BCUT2D eigenvalue weighted by atomic mass is 10.2. The molecule has 1 unspecified atom stereocenters. The van der Waals surface area contributed by atoms with Gasteiger partial charge in [-0.15, -0.1) is 11.3 Å². The molecule has 2 heterocycles. The van der Waals surface area contributed by atoms with Crippen LogP contribution in [0.3, 0.4) is 0 Å². The van der Waals surface area contributed by atoms with Crippen molar-refractivity contribution in [3.05, 3.63) is 16.6 Å². The molecule has 2 amide bonds. The zero-order valence-electron chi connectivity index (χ0n) is 8.97. The SMILES string of the molecule is CC1CC(=O)NCC(=O)N1Cc1cncs1. The molecule has 0 spiro atoms. The second kappa shape index (κ2) is 4.61. The van der Waals surface area contributed by atoms with Gasteiger partial charge in [0, 0.05) is 23.5 Å². The van der Waals surface area contributed by atoms with E-state index >= 15 is 0 Å². The Morgan fingerprint density at radius 3 is 3.12 bits per heavy atom. The highest BCUT2D eigenvalue weighted by Crippen LogP contribution is 2.15. The number of nitrogens with one attached hydrogen (secondary N) is 1. The second-order valence-electron chi connectivity index (χ2n) is 3.82. The maximum atomic E-state index is 11.8. The predicted octanol–water partition coefficient (Wildman–Crippen LogP) is 0.380. The molecule has 0 aromatic carbocycles. The highest BCUT2D eigenvalue weighted by atomic mass is 32.1. The van der Waals surface area contributed by atoms with Gasteiger partial charge in [-0.25, -0.2) is 0 Å². The minimum atomic E-state index is -0.0624. The molecule has 86 valence electrons. The van der Waals surface area contributed by atoms with Gasteiger partial charge in [-0.2, -0.15) is 0 Å². The van der Waals surface area contributed by atoms with Crippen molar-refractivity contribution in [2.24, 2.45) is 0 Å². The number of thiazole rings is 1. The summed E-state index contributed by atoms with van der Waals surface area (Å²) in [5.74, 6) is -0.0978. The van der Waals surface area contributed by atoms with Crippen molar-refractivity contribution in [1.29, 1.82) is 0 Å². The van der Waals surface area contributed by atoms with Crippen LogP contribution in [0, 0.1) is 0 Å². The Morgan fingerprint density at radius 1 is 1.62 bits per heavy atom. The number of hydrogen-bond donors (Lipinski definition) is 1. The van der Waals surface area contributed by atoms with Crippen LogP contribution in [0.2, 0.25) is 0 Å². The summed E-state index contributed by atoms with van der Waals surface area (Å²) in [5, 5.41) is 2.59. The lowest BCUT2D eigenvalue weighted by Gasteiger charge is -2.25. The summed E-state index contributed by atoms with van der Waals surface area (Å²) >= 11 is 1.52. The highest BCUT2D eigenvalue weighted by Gasteiger charge is 2.26. The molecular weight excluding hydrogens is 226 g/mol. The monoisotopic (exact) mass is 239 g/mol. The molecule has 0 bridgehead atoms. The summed E-state index contributed by atoms with van der Waals surface area (Å²) in [4.78, 5) is 29.8. The van der Waals surface area contributed by atoms with Crippen molar-refractivity contribution < 1.29 is 9.59 Å². The van der Waals surface area contributed by atoms with Crippen LogP contribution < -0.4 is 5.32 Å². The molecule has 1 aromatic heterocycles. The molecule has 5 nitrogen and oxygen atoms in total. The Kier molecular flexibility index (Phi) is 3.19. The van der Waals surface area contributed by atoms with Crippen LogP contribution in [0.25, 0.3) is 0 Å². The molecule has 16 heavy (non-hydrogen) atoms. The van der Waals surface area contributed by atoms with E-state index in [-0.39, 0.29) is 24.4 Å². The maximum Gasteiger partial charge on any atom is 0.242 e. The average Bonchev–Trinajstić information content (AvgIpc) is 2.71. The van der Waals surface area contributed by atoms with Gasteiger partial charge in [-0.3, -0.25) is 14.6 Å². The van der Waals surface area contributed by atoms with E-state index in [1.807, 2.05) is 6.92 Å². The summed E-state index contributed by atoms with van der Waals surface area (Å²) in [6.07, 6.45) is 2.12. The maximum absolute atomic E-state index is 11.8. The first-order valence-corrected chi connectivity index (χ1v) is 5.98. The summed E-state index contributed by atoms with van der Waals surface area (Å²) < 4.78 is 0. The van der Waals surface area contributed by atoms with Gasteiger partial charge in [0.1, 0.15) is 0 Å². The molecule has 1 aliphatic heterocycles. The van der Waals surface area contributed by atoms with Crippen LogP contribution in [-0.4, -0.2) is 34.3 Å². The Bertz CT molecular complexity index is 391. The normalized spacial score (nSPS) is 21.8. The molecule has 0 saturated carbocycles. The number of rotatable bonds is 2. The number of amides is 2. The Morgan fingerprint density at radius 2 is 2.44 bits per heavy atom. The van der Waals surface area contributed by atoms with E-state index in [2.05, 4.69) is 10.3 Å². The fourth-order valence-electron chi connectivity index (χ4n) is 1.70. The molecule has 1 aliphatic rings.